The maximum atomic E-state index is 11.9. The summed E-state index contributed by atoms with van der Waals surface area (Å²) in [7, 11) is 0. The molecule has 2 N–H and O–H groups in total. The molecule has 0 spiro atoms. The molecule has 0 atom stereocenters. The van der Waals surface area contributed by atoms with Gasteiger partial charge in [-0.3, -0.25) is 9.59 Å². The summed E-state index contributed by atoms with van der Waals surface area (Å²) >= 11 is 11.9. The van der Waals surface area contributed by atoms with Gasteiger partial charge in [0.2, 0.25) is 0 Å². The van der Waals surface area contributed by atoms with Crippen LogP contribution in [-0.4, -0.2) is 18.4 Å². The molecule has 2 amide bonds. The Labute approximate surface area is 157 Å². The zero-order valence-corrected chi connectivity index (χ0v) is 15.6. The predicted octanol–water partition coefficient (Wildman–Crippen LogP) is 4.41. The third kappa shape index (κ3) is 5.76. The molecule has 0 aromatic heterocycles. The van der Waals surface area contributed by atoms with Gasteiger partial charge in [-0.1, -0.05) is 55.2 Å². The number of rotatable bonds is 5. The van der Waals surface area contributed by atoms with Crippen LogP contribution < -0.4 is 10.6 Å². The molecule has 0 bridgehead atoms. The number of anilines is 1. The molecule has 4 nitrogen and oxygen atoms in total. The van der Waals surface area contributed by atoms with E-state index in [4.69, 9.17) is 23.2 Å². The van der Waals surface area contributed by atoms with Crippen LogP contribution in [0, 0.1) is 0 Å². The summed E-state index contributed by atoms with van der Waals surface area (Å²) in [5.74, 6) is -0.967. The van der Waals surface area contributed by atoms with Gasteiger partial charge in [-0.05, 0) is 47.7 Å². The Morgan fingerprint density at radius 2 is 1.68 bits per heavy atom. The van der Waals surface area contributed by atoms with Gasteiger partial charge in [-0.15, -0.1) is 0 Å². The van der Waals surface area contributed by atoms with E-state index in [1.54, 1.807) is 30.3 Å². The quantitative estimate of drug-likeness (QED) is 0.756. The minimum atomic E-state index is -0.695. The van der Waals surface area contributed by atoms with Gasteiger partial charge in [0, 0.05) is 22.3 Å². The molecule has 2 rings (SSSR count). The zero-order chi connectivity index (χ0) is 18.4. The van der Waals surface area contributed by atoms with Gasteiger partial charge in [0.25, 0.3) is 0 Å². The highest BCUT2D eigenvalue weighted by atomic mass is 35.5. The van der Waals surface area contributed by atoms with Crippen molar-refractivity contribution in [2.45, 2.75) is 26.2 Å². The van der Waals surface area contributed by atoms with Crippen molar-refractivity contribution in [3.8, 4) is 0 Å². The van der Waals surface area contributed by atoms with Crippen LogP contribution in [0.5, 0.6) is 0 Å². The molecule has 0 unspecified atom stereocenters. The van der Waals surface area contributed by atoms with Crippen LogP contribution in [0.3, 0.4) is 0 Å². The predicted molar refractivity (Wildman–Crippen MR) is 102 cm³/mol. The molecule has 2 aromatic carbocycles. The van der Waals surface area contributed by atoms with E-state index >= 15 is 0 Å². The van der Waals surface area contributed by atoms with E-state index in [1.165, 1.54) is 5.56 Å². The lowest BCUT2D eigenvalue weighted by Crippen LogP contribution is -2.36. The highest BCUT2D eigenvalue weighted by Crippen LogP contribution is 2.21. The second-order valence-electron chi connectivity index (χ2n) is 5.97. The Morgan fingerprint density at radius 1 is 1.00 bits per heavy atom. The third-order valence-electron chi connectivity index (χ3n) is 3.74. The monoisotopic (exact) mass is 378 g/mol. The number of carbonyl (C=O) groups excluding carboxylic acids is 2. The first-order valence-corrected chi connectivity index (χ1v) is 8.75. The lowest BCUT2D eigenvalue weighted by Gasteiger charge is -2.09. The second-order valence-corrected chi connectivity index (χ2v) is 6.82. The topological polar surface area (TPSA) is 58.2 Å². The largest absolute Gasteiger partial charge is 0.347 e. The maximum absolute atomic E-state index is 11.9. The maximum Gasteiger partial charge on any atom is 0.313 e. The molecule has 0 aliphatic heterocycles. The first-order chi connectivity index (χ1) is 11.9. The lowest BCUT2D eigenvalue weighted by atomic mass is 10.0. The van der Waals surface area contributed by atoms with Gasteiger partial charge in [-0.25, -0.2) is 0 Å². The Morgan fingerprint density at radius 3 is 2.28 bits per heavy atom. The number of hydrogen-bond acceptors (Lipinski definition) is 2. The smallest absolute Gasteiger partial charge is 0.313 e. The van der Waals surface area contributed by atoms with Crippen molar-refractivity contribution >= 4 is 40.7 Å². The SMILES string of the molecule is CC(C)c1ccc(NC(=O)C(=O)NCCc2ccc(Cl)cc2Cl)cc1. The minimum absolute atomic E-state index is 0.305. The van der Waals surface area contributed by atoms with Crippen molar-refractivity contribution in [2.75, 3.05) is 11.9 Å². The first-order valence-electron chi connectivity index (χ1n) is 8.00. The van der Waals surface area contributed by atoms with Crippen molar-refractivity contribution in [3.63, 3.8) is 0 Å². The minimum Gasteiger partial charge on any atom is -0.347 e. The Bertz CT molecular complexity index is 759. The molecule has 0 heterocycles. The number of amides is 2. The Hall–Kier alpha value is -2.04. The fourth-order valence-electron chi connectivity index (χ4n) is 2.25. The standard InChI is InChI=1S/C19H20Cl2N2O2/c1-12(2)13-4-7-16(8-5-13)23-19(25)18(24)22-10-9-14-3-6-15(20)11-17(14)21/h3-8,11-12H,9-10H2,1-2H3,(H,22,24)(H,23,25). The molecule has 0 fully saturated rings. The third-order valence-corrected chi connectivity index (χ3v) is 4.32. The van der Waals surface area contributed by atoms with Gasteiger partial charge in [0.05, 0.1) is 0 Å². The van der Waals surface area contributed by atoms with Crippen LogP contribution in [0.2, 0.25) is 10.0 Å². The molecule has 0 aliphatic rings. The van der Waals surface area contributed by atoms with E-state index in [9.17, 15) is 9.59 Å². The van der Waals surface area contributed by atoms with E-state index in [2.05, 4.69) is 24.5 Å². The average Bonchev–Trinajstić information content (AvgIpc) is 2.57. The van der Waals surface area contributed by atoms with Gasteiger partial charge >= 0.3 is 11.8 Å². The molecule has 6 heteroatoms. The van der Waals surface area contributed by atoms with Crippen molar-refractivity contribution in [1.29, 1.82) is 0 Å². The molecule has 25 heavy (non-hydrogen) atoms. The van der Waals surface area contributed by atoms with Crippen molar-refractivity contribution < 1.29 is 9.59 Å². The summed E-state index contributed by atoms with van der Waals surface area (Å²) < 4.78 is 0. The Kier molecular flexibility index (Phi) is 6.85. The molecule has 0 saturated heterocycles. The summed E-state index contributed by atoms with van der Waals surface area (Å²) in [4.78, 5) is 23.8. The van der Waals surface area contributed by atoms with E-state index < -0.39 is 11.8 Å². The molecule has 132 valence electrons. The molecule has 0 radical (unpaired) electrons. The summed E-state index contributed by atoms with van der Waals surface area (Å²) in [6.45, 7) is 4.49. The summed E-state index contributed by atoms with van der Waals surface area (Å²) in [5, 5.41) is 6.26. The Balaban J connectivity index is 1.82. The van der Waals surface area contributed by atoms with Gasteiger partial charge in [0.1, 0.15) is 0 Å². The molecule has 0 aliphatic carbocycles. The number of nitrogens with one attached hydrogen (secondary N) is 2. The second kappa shape index (κ2) is 8.88. The van der Waals surface area contributed by atoms with Gasteiger partial charge in [-0.2, -0.15) is 0 Å². The fourth-order valence-corrected chi connectivity index (χ4v) is 2.76. The summed E-state index contributed by atoms with van der Waals surface area (Å²) in [6.07, 6.45) is 0.512. The van der Waals surface area contributed by atoms with E-state index in [-0.39, 0.29) is 0 Å². The van der Waals surface area contributed by atoms with E-state index in [0.717, 1.165) is 5.56 Å². The zero-order valence-electron chi connectivity index (χ0n) is 14.1. The summed E-state index contributed by atoms with van der Waals surface area (Å²) in [5.41, 5.74) is 2.61. The number of benzene rings is 2. The highest BCUT2D eigenvalue weighted by molar-refractivity contribution is 6.39. The van der Waals surface area contributed by atoms with Crippen LogP contribution in [0.1, 0.15) is 30.9 Å². The van der Waals surface area contributed by atoms with Crippen LogP contribution in [-0.2, 0) is 16.0 Å². The van der Waals surface area contributed by atoms with Gasteiger partial charge < -0.3 is 10.6 Å². The first kappa shape index (κ1) is 19.3. The van der Waals surface area contributed by atoms with Crippen molar-refractivity contribution in [2.24, 2.45) is 0 Å². The summed E-state index contributed by atoms with van der Waals surface area (Å²) in [6, 6.07) is 12.6. The highest BCUT2D eigenvalue weighted by Gasteiger charge is 2.13. The van der Waals surface area contributed by atoms with E-state index in [1.807, 2.05) is 12.1 Å². The number of hydrogen-bond donors (Lipinski definition) is 2. The lowest BCUT2D eigenvalue weighted by molar-refractivity contribution is -0.136. The van der Waals surface area contributed by atoms with Crippen LogP contribution in [0.4, 0.5) is 5.69 Å². The number of halogens is 2. The van der Waals surface area contributed by atoms with Gasteiger partial charge in [0.15, 0.2) is 0 Å². The normalized spacial score (nSPS) is 10.6. The van der Waals surface area contributed by atoms with Crippen LogP contribution >= 0.6 is 23.2 Å². The van der Waals surface area contributed by atoms with E-state index in [0.29, 0.717) is 34.6 Å². The fraction of sp³-hybridized carbons (Fsp3) is 0.263. The average molecular weight is 379 g/mol. The van der Waals surface area contributed by atoms with Crippen LogP contribution in [0.15, 0.2) is 42.5 Å². The van der Waals surface area contributed by atoms with Crippen LogP contribution in [0.25, 0.3) is 0 Å². The van der Waals surface area contributed by atoms with Crippen molar-refractivity contribution in [1.82, 2.24) is 5.32 Å². The van der Waals surface area contributed by atoms with Crippen molar-refractivity contribution in [3.05, 3.63) is 63.6 Å². The molecule has 0 saturated carbocycles. The molecular weight excluding hydrogens is 359 g/mol. The number of carbonyl (C=O) groups is 2. The molecular formula is C19H20Cl2N2O2. The molecule has 2 aromatic rings.